The summed E-state index contributed by atoms with van der Waals surface area (Å²) in [7, 11) is 4.05. The molecule has 1 heterocycles. The van der Waals surface area contributed by atoms with Gasteiger partial charge in [-0.15, -0.1) is 12.4 Å². The second kappa shape index (κ2) is 9.08. The van der Waals surface area contributed by atoms with Gasteiger partial charge in [-0.2, -0.15) is 0 Å². The van der Waals surface area contributed by atoms with Crippen LogP contribution in [0.2, 0.25) is 5.02 Å². The molecule has 3 rings (SSSR count). The topological polar surface area (TPSA) is 32.8 Å². The standard InChI is InChI=1S/C20H21ClN2O2.ClH/c1-22(2)12-7-13-23-17-10-5-6-11-18(17)25-19(20(23)24)14-15-8-3-4-9-16(15)21;/h3-6,8-11,14H,7,12-13H2,1-2H3;1H/b19-14-;. The molecule has 138 valence electrons. The van der Waals surface area contributed by atoms with Gasteiger partial charge in [0, 0.05) is 11.6 Å². The second-order valence-electron chi connectivity index (χ2n) is 6.21. The monoisotopic (exact) mass is 392 g/mol. The Bertz CT molecular complexity index is 806. The summed E-state index contributed by atoms with van der Waals surface area (Å²) >= 11 is 6.22. The number of amides is 1. The minimum Gasteiger partial charge on any atom is -0.449 e. The lowest BCUT2D eigenvalue weighted by Gasteiger charge is -2.30. The van der Waals surface area contributed by atoms with Crippen LogP contribution >= 0.6 is 24.0 Å². The van der Waals surface area contributed by atoms with Crippen LogP contribution in [-0.2, 0) is 4.79 Å². The van der Waals surface area contributed by atoms with Crippen LogP contribution in [0.3, 0.4) is 0 Å². The second-order valence-corrected chi connectivity index (χ2v) is 6.62. The molecule has 0 aliphatic carbocycles. The lowest BCUT2D eigenvalue weighted by Crippen LogP contribution is -2.38. The van der Waals surface area contributed by atoms with Gasteiger partial charge >= 0.3 is 0 Å². The summed E-state index contributed by atoms with van der Waals surface area (Å²) in [5, 5.41) is 0.587. The first-order chi connectivity index (χ1) is 12.1. The molecule has 6 heteroatoms. The van der Waals surface area contributed by atoms with Gasteiger partial charge in [-0.1, -0.05) is 41.9 Å². The lowest BCUT2D eigenvalue weighted by atomic mass is 10.1. The molecular formula is C20H22Cl2N2O2. The van der Waals surface area contributed by atoms with Crippen LogP contribution in [0.15, 0.2) is 54.3 Å². The highest BCUT2D eigenvalue weighted by Crippen LogP contribution is 2.36. The average molecular weight is 393 g/mol. The number of benzene rings is 2. The van der Waals surface area contributed by atoms with Crippen molar-refractivity contribution in [3.63, 3.8) is 0 Å². The summed E-state index contributed by atoms with van der Waals surface area (Å²) in [6.45, 7) is 1.55. The molecule has 0 saturated heterocycles. The van der Waals surface area contributed by atoms with Gasteiger partial charge in [0.2, 0.25) is 0 Å². The Kier molecular flexibility index (Phi) is 7.09. The smallest absolute Gasteiger partial charge is 0.294 e. The van der Waals surface area contributed by atoms with Gasteiger partial charge in [0.25, 0.3) is 5.91 Å². The van der Waals surface area contributed by atoms with Crippen molar-refractivity contribution in [3.8, 4) is 5.75 Å². The van der Waals surface area contributed by atoms with Gasteiger partial charge in [-0.3, -0.25) is 4.79 Å². The van der Waals surface area contributed by atoms with Crippen LogP contribution in [0.5, 0.6) is 5.75 Å². The molecule has 26 heavy (non-hydrogen) atoms. The number of rotatable bonds is 5. The van der Waals surface area contributed by atoms with E-state index in [1.165, 1.54) is 0 Å². The summed E-state index contributed by atoms with van der Waals surface area (Å²) in [5.74, 6) is 0.833. The van der Waals surface area contributed by atoms with Crippen molar-refractivity contribution < 1.29 is 9.53 Å². The van der Waals surface area contributed by atoms with Crippen molar-refractivity contribution in [2.45, 2.75) is 6.42 Å². The van der Waals surface area contributed by atoms with Crippen LogP contribution in [0.1, 0.15) is 12.0 Å². The number of hydrogen-bond acceptors (Lipinski definition) is 3. The molecule has 0 atom stereocenters. The largest absolute Gasteiger partial charge is 0.449 e. The van der Waals surface area contributed by atoms with Gasteiger partial charge < -0.3 is 14.5 Å². The summed E-state index contributed by atoms with van der Waals surface area (Å²) in [4.78, 5) is 16.8. The molecule has 0 bridgehead atoms. The third-order valence-electron chi connectivity index (χ3n) is 4.01. The van der Waals surface area contributed by atoms with Gasteiger partial charge in [0.05, 0.1) is 5.69 Å². The first-order valence-electron chi connectivity index (χ1n) is 8.26. The molecule has 0 saturated carbocycles. The molecule has 0 unspecified atom stereocenters. The molecule has 0 aromatic heterocycles. The van der Waals surface area contributed by atoms with Crippen molar-refractivity contribution in [2.75, 3.05) is 32.1 Å². The highest BCUT2D eigenvalue weighted by Gasteiger charge is 2.29. The number of nitrogens with zero attached hydrogens (tertiary/aromatic N) is 2. The number of para-hydroxylation sites is 2. The van der Waals surface area contributed by atoms with Gasteiger partial charge in [-0.25, -0.2) is 0 Å². The predicted molar refractivity (Wildman–Crippen MR) is 109 cm³/mol. The Hall–Kier alpha value is -2.01. The molecule has 0 spiro atoms. The fourth-order valence-electron chi connectivity index (χ4n) is 2.76. The van der Waals surface area contributed by atoms with E-state index in [0.717, 1.165) is 24.2 Å². The Morgan fingerprint density at radius 1 is 1.12 bits per heavy atom. The van der Waals surface area contributed by atoms with E-state index in [9.17, 15) is 4.79 Å². The molecule has 0 radical (unpaired) electrons. The van der Waals surface area contributed by atoms with Crippen molar-refractivity contribution in [3.05, 3.63) is 64.9 Å². The van der Waals surface area contributed by atoms with Crippen molar-refractivity contribution in [1.82, 2.24) is 4.90 Å². The number of anilines is 1. The predicted octanol–water partition coefficient (Wildman–Crippen LogP) is 4.48. The number of ether oxygens (including phenoxy) is 1. The summed E-state index contributed by atoms with van der Waals surface area (Å²) in [5.41, 5.74) is 1.57. The summed E-state index contributed by atoms with van der Waals surface area (Å²) < 4.78 is 5.86. The summed E-state index contributed by atoms with van der Waals surface area (Å²) in [6, 6.07) is 15.0. The van der Waals surface area contributed by atoms with Crippen molar-refractivity contribution in [1.29, 1.82) is 0 Å². The first kappa shape index (κ1) is 20.3. The van der Waals surface area contributed by atoms with Crippen LogP contribution in [0, 0.1) is 0 Å². The Labute approximate surface area is 165 Å². The molecule has 1 aliphatic rings. The highest BCUT2D eigenvalue weighted by atomic mass is 35.5. The number of fused-ring (bicyclic) bond motifs is 1. The van der Waals surface area contributed by atoms with Crippen LogP contribution in [-0.4, -0.2) is 38.0 Å². The number of carbonyl (C=O) groups excluding carboxylic acids is 1. The zero-order valence-corrected chi connectivity index (χ0v) is 16.4. The van der Waals surface area contributed by atoms with E-state index in [-0.39, 0.29) is 24.1 Å². The Morgan fingerprint density at radius 3 is 2.54 bits per heavy atom. The molecular weight excluding hydrogens is 371 g/mol. The molecule has 1 amide bonds. The maximum absolute atomic E-state index is 13.0. The normalized spacial score (nSPS) is 14.8. The molecule has 0 fully saturated rings. The molecule has 1 aliphatic heterocycles. The van der Waals surface area contributed by atoms with E-state index in [1.54, 1.807) is 17.0 Å². The average Bonchev–Trinajstić information content (AvgIpc) is 2.59. The lowest BCUT2D eigenvalue weighted by molar-refractivity contribution is -0.117. The quantitative estimate of drug-likeness (QED) is 0.703. The van der Waals surface area contributed by atoms with Crippen molar-refractivity contribution >= 4 is 41.7 Å². The maximum atomic E-state index is 13.0. The molecule has 2 aromatic rings. The maximum Gasteiger partial charge on any atom is 0.294 e. The Morgan fingerprint density at radius 2 is 1.81 bits per heavy atom. The van der Waals surface area contributed by atoms with Gasteiger partial charge in [-0.05, 0) is 56.9 Å². The van der Waals surface area contributed by atoms with E-state index >= 15 is 0 Å². The molecule has 0 N–H and O–H groups in total. The van der Waals surface area contributed by atoms with Crippen molar-refractivity contribution in [2.24, 2.45) is 0 Å². The Balaban J connectivity index is 0.00000243. The fraction of sp³-hybridized carbons (Fsp3) is 0.250. The zero-order valence-electron chi connectivity index (χ0n) is 14.8. The van der Waals surface area contributed by atoms with Crippen LogP contribution in [0.25, 0.3) is 6.08 Å². The minimum absolute atomic E-state index is 0. The van der Waals surface area contributed by atoms with Gasteiger partial charge in [0.15, 0.2) is 11.5 Å². The van der Waals surface area contributed by atoms with E-state index in [2.05, 4.69) is 4.90 Å². The van der Waals surface area contributed by atoms with E-state index in [1.807, 2.05) is 56.6 Å². The third-order valence-corrected chi connectivity index (χ3v) is 4.35. The number of halogens is 2. The van der Waals surface area contributed by atoms with E-state index < -0.39 is 0 Å². The SMILES string of the molecule is CN(C)CCCN1C(=O)/C(=C/c2ccccc2Cl)Oc2ccccc21.Cl. The minimum atomic E-state index is -0.141. The van der Waals surface area contributed by atoms with E-state index in [4.69, 9.17) is 16.3 Å². The van der Waals surface area contributed by atoms with Gasteiger partial charge in [0.1, 0.15) is 0 Å². The number of hydrogen-bond donors (Lipinski definition) is 0. The fourth-order valence-corrected chi connectivity index (χ4v) is 2.95. The zero-order chi connectivity index (χ0) is 17.8. The van der Waals surface area contributed by atoms with Crippen LogP contribution in [0.4, 0.5) is 5.69 Å². The van der Waals surface area contributed by atoms with E-state index in [0.29, 0.717) is 17.3 Å². The first-order valence-corrected chi connectivity index (χ1v) is 8.64. The van der Waals surface area contributed by atoms with Crippen LogP contribution < -0.4 is 9.64 Å². The third kappa shape index (κ3) is 4.58. The number of carbonyl (C=O) groups is 1. The highest BCUT2D eigenvalue weighted by molar-refractivity contribution is 6.32. The summed E-state index contributed by atoms with van der Waals surface area (Å²) in [6.07, 6.45) is 2.59. The molecule has 2 aromatic carbocycles. The molecule has 4 nitrogen and oxygen atoms in total.